The lowest BCUT2D eigenvalue weighted by Crippen LogP contribution is -1.93. The van der Waals surface area contributed by atoms with Crippen LogP contribution in [-0.4, -0.2) is 7.47 Å². The van der Waals surface area contributed by atoms with Gasteiger partial charge in [-0.3, -0.25) is 0 Å². The van der Waals surface area contributed by atoms with Gasteiger partial charge in [0.05, 0.1) is 7.47 Å². The van der Waals surface area contributed by atoms with Crippen molar-refractivity contribution in [2.75, 3.05) is 0 Å². The minimum Gasteiger partial charge on any atom is -0.344 e. The van der Waals surface area contributed by atoms with Gasteiger partial charge in [0.15, 0.2) is 0 Å². The van der Waals surface area contributed by atoms with Crippen LogP contribution in [0.2, 0.25) is 0 Å². The molecule has 0 radical (unpaired) electrons. The van der Waals surface area contributed by atoms with Crippen molar-refractivity contribution in [2.45, 2.75) is 7.47 Å². The highest BCUT2D eigenvalue weighted by atomic mass is 79.9. The molecule has 0 spiro atoms. The van der Waals surface area contributed by atoms with E-state index in [1.54, 1.807) is 0 Å². The van der Waals surface area contributed by atoms with Crippen molar-refractivity contribution in [3.8, 4) is 0 Å². The van der Waals surface area contributed by atoms with E-state index in [2.05, 4.69) is 63.7 Å². The van der Waals surface area contributed by atoms with Gasteiger partial charge in [0.1, 0.15) is 0 Å². The molecule has 0 heterocycles. The van der Waals surface area contributed by atoms with Gasteiger partial charge < -0.3 is 6.15 Å². The van der Waals surface area contributed by atoms with Crippen molar-refractivity contribution in [1.82, 2.24) is 6.15 Å². The van der Waals surface area contributed by atoms with Gasteiger partial charge in [0, 0.05) is 0 Å². The first-order valence-electron chi connectivity index (χ1n) is 1.21. The molecular weight excluding hydrogens is 358 g/mol. The molecule has 0 bridgehead atoms. The second-order valence-corrected chi connectivity index (χ2v) is 7.07. The molecule has 0 aromatic carbocycles. The third-order valence-corrected chi connectivity index (χ3v) is 5.14. The summed E-state index contributed by atoms with van der Waals surface area (Å²) in [7, 11) is 0. The first-order valence-corrected chi connectivity index (χ1v) is 4.87. The Bertz CT molecular complexity index is 30.7. The van der Waals surface area contributed by atoms with Crippen molar-refractivity contribution in [3.05, 3.63) is 0 Å². The van der Waals surface area contributed by atoms with Crippen LogP contribution in [0.4, 0.5) is 0 Å². The normalized spacial score (nSPS) is 9.43. The summed E-state index contributed by atoms with van der Waals surface area (Å²) in [5.74, 6) is 0. The van der Waals surface area contributed by atoms with Crippen LogP contribution in [0, 0.1) is 0 Å². The fourth-order valence-electron chi connectivity index (χ4n) is 0. The summed E-state index contributed by atoms with van der Waals surface area (Å²) >= 11 is 13.0. The Morgan fingerprint density at radius 1 is 0.714 bits per heavy atom. The molecule has 0 amide bonds. The third kappa shape index (κ3) is 7.88. The van der Waals surface area contributed by atoms with Crippen LogP contribution in [0.15, 0.2) is 0 Å². The van der Waals surface area contributed by atoms with E-state index in [4.69, 9.17) is 0 Å². The van der Waals surface area contributed by atoms with Gasteiger partial charge in [0.2, 0.25) is 0 Å². The fourth-order valence-corrected chi connectivity index (χ4v) is 0. The van der Waals surface area contributed by atoms with Crippen molar-refractivity contribution in [3.63, 3.8) is 0 Å². The van der Waals surface area contributed by atoms with Crippen LogP contribution in [0.5, 0.6) is 0 Å². The van der Waals surface area contributed by atoms with Gasteiger partial charge in [-0.2, -0.15) is 0 Å². The van der Waals surface area contributed by atoms with E-state index in [0.717, 1.165) is 0 Å². The molecule has 5 heteroatoms. The highest BCUT2D eigenvalue weighted by molar-refractivity contribution is 9.29. The predicted molar refractivity (Wildman–Crippen MR) is 48.3 cm³/mol. The minimum absolute atomic E-state index is 0. The molecule has 0 unspecified atom stereocenters. The summed E-state index contributed by atoms with van der Waals surface area (Å²) in [4.78, 5) is 0. The predicted octanol–water partition coefficient (Wildman–Crippen LogP) is 3.38. The molecule has 46 valence electrons. The monoisotopic (exact) mass is 359 g/mol. The Labute approximate surface area is 76.7 Å². The molecule has 7 heavy (non-hydrogen) atoms. The smallest absolute Gasteiger partial charge is 0.0920 e. The molecule has 0 fully saturated rings. The van der Waals surface area contributed by atoms with E-state index >= 15 is 0 Å². The van der Waals surface area contributed by atoms with Gasteiger partial charge in [0.25, 0.3) is 0 Å². The summed E-state index contributed by atoms with van der Waals surface area (Å²) < 4.78 is 0.620. The van der Waals surface area contributed by atoms with E-state index in [9.17, 15) is 0 Å². The maximum atomic E-state index is 3.26. The number of hydrogen-bond donors (Lipinski definition) is 1. The molecule has 1 nitrogen and oxygen atoms in total. The Hall–Kier alpha value is 1.88. The van der Waals surface area contributed by atoms with E-state index in [-0.39, 0.29) is 6.15 Å². The van der Waals surface area contributed by atoms with Gasteiger partial charge in [-0.15, -0.1) is 0 Å². The molecule has 0 aromatic heterocycles. The average Bonchev–Trinajstić information content (AvgIpc) is 1.36. The maximum absolute atomic E-state index is 3.26. The Morgan fingerprint density at radius 3 is 0.857 bits per heavy atom. The molecule has 0 rings (SSSR count). The van der Waals surface area contributed by atoms with Crippen molar-refractivity contribution >= 4 is 63.7 Å². The summed E-state index contributed by atoms with van der Waals surface area (Å²) in [5, 5.41) is 0. The molecular formula is C2H5Br4N. The standard InChI is InChI=1S/C2H2Br4.H3N/c3-1(4)2(5)6;/h1-2H;1H3. The molecule has 0 aliphatic heterocycles. The van der Waals surface area contributed by atoms with Gasteiger partial charge in [-0.25, -0.2) is 0 Å². The Morgan fingerprint density at radius 2 is 0.857 bits per heavy atom. The van der Waals surface area contributed by atoms with Crippen molar-refractivity contribution in [2.24, 2.45) is 0 Å². The molecule has 0 atom stereocenters. The highest BCUT2D eigenvalue weighted by Crippen LogP contribution is 2.24. The summed E-state index contributed by atoms with van der Waals surface area (Å²) in [6, 6.07) is 0. The molecule has 0 aliphatic carbocycles. The number of alkyl halides is 4. The number of rotatable bonds is 1. The topological polar surface area (TPSA) is 35.0 Å². The molecule has 0 aliphatic rings. The molecule has 0 aromatic rings. The fraction of sp³-hybridized carbons (Fsp3) is 1.00. The minimum atomic E-state index is 0. The zero-order valence-electron chi connectivity index (χ0n) is 3.37. The van der Waals surface area contributed by atoms with E-state index in [1.165, 1.54) is 0 Å². The Kier molecular flexibility index (Phi) is 10.00. The number of hydrogen-bond acceptors (Lipinski definition) is 1. The van der Waals surface area contributed by atoms with Crippen molar-refractivity contribution < 1.29 is 0 Å². The quantitative estimate of drug-likeness (QED) is 0.713. The number of halogens is 4. The molecule has 3 N–H and O–H groups in total. The highest BCUT2D eigenvalue weighted by Gasteiger charge is 2.04. The van der Waals surface area contributed by atoms with Crippen LogP contribution >= 0.6 is 63.7 Å². The van der Waals surface area contributed by atoms with Crippen molar-refractivity contribution in [1.29, 1.82) is 0 Å². The second-order valence-electron chi connectivity index (χ2n) is 0.669. The maximum Gasteiger partial charge on any atom is 0.0920 e. The summed E-state index contributed by atoms with van der Waals surface area (Å²) in [6.07, 6.45) is 0. The summed E-state index contributed by atoms with van der Waals surface area (Å²) in [6.45, 7) is 0. The lowest BCUT2D eigenvalue weighted by atomic mass is 11.0. The largest absolute Gasteiger partial charge is 0.344 e. The van der Waals surface area contributed by atoms with Crippen LogP contribution in [-0.2, 0) is 0 Å². The zero-order chi connectivity index (χ0) is 5.15. The first kappa shape index (κ1) is 11.6. The third-order valence-electron chi connectivity index (χ3n) is 0.190. The lowest BCUT2D eigenvalue weighted by molar-refractivity contribution is 1.46. The average molecular weight is 363 g/mol. The van der Waals surface area contributed by atoms with Crippen LogP contribution in [0.3, 0.4) is 0 Å². The van der Waals surface area contributed by atoms with Gasteiger partial charge in [-0.1, -0.05) is 63.7 Å². The zero-order valence-corrected chi connectivity index (χ0v) is 9.72. The van der Waals surface area contributed by atoms with Gasteiger partial charge >= 0.3 is 0 Å². The van der Waals surface area contributed by atoms with Crippen LogP contribution < -0.4 is 6.15 Å². The van der Waals surface area contributed by atoms with Gasteiger partial charge in [-0.05, 0) is 0 Å². The van der Waals surface area contributed by atoms with E-state index < -0.39 is 0 Å². The summed E-state index contributed by atoms with van der Waals surface area (Å²) in [5.41, 5.74) is 0. The second kappa shape index (κ2) is 6.01. The first-order chi connectivity index (χ1) is 2.64. The van der Waals surface area contributed by atoms with Crippen LogP contribution in [0.25, 0.3) is 0 Å². The molecule has 0 saturated heterocycles. The van der Waals surface area contributed by atoms with E-state index in [1.807, 2.05) is 0 Å². The van der Waals surface area contributed by atoms with Crippen LogP contribution in [0.1, 0.15) is 0 Å². The lowest BCUT2D eigenvalue weighted by Gasteiger charge is -1.96. The van der Waals surface area contributed by atoms with E-state index in [0.29, 0.717) is 7.47 Å². The Balaban J connectivity index is 0. The molecule has 0 saturated carbocycles. The SMILES string of the molecule is BrC(Br)C(Br)Br.N.